The number of benzene rings is 1. The molecule has 0 saturated carbocycles. The van der Waals surface area contributed by atoms with Gasteiger partial charge in [-0.1, -0.05) is 18.2 Å². The lowest BCUT2D eigenvalue weighted by atomic mass is 9.90. The van der Waals surface area contributed by atoms with Crippen LogP contribution in [0.1, 0.15) is 36.6 Å². The van der Waals surface area contributed by atoms with Crippen LogP contribution in [0, 0.1) is 0 Å². The average molecular weight is 254 g/mol. The number of para-hydroxylation sites is 1. The number of aromatic nitrogens is 1. The van der Waals surface area contributed by atoms with Crippen LogP contribution in [0.5, 0.6) is 0 Å². The Hall–Kier alpha value is -1.77. The summed E-state index contributed by atoms with van der Waals surface area (Å²) >= 11 is 0. The van der Waals surface area contributed by atoms with Gasteiger partial charge in [0.2, 0.25) is 5.91 Å². The van der Waals surface area contributed by atoms with E-state index in [2.05, 4.69) is 40.8 Å². The van der Waals surface area contributed by atoms with Gasteiger partial charge in [0.15, 0.2) is 0 Å². The van der Waals surface area contributed by atoms with Gasteiger partial charge in [-0.15, -0.1) is 0 Å². The molecule has 98 valence electrons. The first-order valence-electron chi connectivity index (χ1n) is 7.13. The largest absolute Gasteiger partial charge is 0.346 e. The molecule has 1 saturated heterocycles. The second-order valence-electron chi connectivity index (χ2n) is 5.69. The van der Waals surface area contributed by atoms with Gasteiger partial charge >= 0.3 is 0 Å². The van der Waals surface area contributed by atoms with Gasteiger partial charge in [0.1, 0.15) is 0 Å². The smallest absolute Gasteiger partial charge is 0.223 e. The third-order valence-corrected chi connectivity index (χ3v) is 4.74. The van der Waals surface area contributed by atoms with Gasteiger partial charge in [-0.25, -0.2) is 0 Å². The molecule has 0 radical (unpaired) electrons. The Morgan fingerprint density at radius 1 is 1.21 bits per heavy atom. The molecule has 19 heavy (non-hydrogen) atoms. The standard InChI is InChI=1S/C16H18N2O/c1-17-13-6-3-2-5-11(13)12-9-10-18-14(16(12)17)7-4-8-15(18)19/h2-3,5-6,14H,4,7-10H2,1H3. The summed E-state index contributed by atoms with van der Waals surface area (Å²) in [6.07, 6.45) is 3.87. The number of carbonyl (C=O) groups excluding carboxylic acids is 1. The Bertz CT molecular complexity index is 671. The van der Waals surface area contributed by atoms with Crippen LogP contribution >= 0.6 is 0 Å². The van der Waals surface area contributed by atoms with Crippen LogP contribution in [0.4, 0.5) is 0 Å². The predicted octanol–water partition coefficient (Wildman–Crippen LogP) is 2.79. The van der Waals surface area contributed by atoms with E-state index in [0.29, 0.717) is 11.9 Å². The van der Waals surface area contributed by atoms with Gasteiger partial charge in [0.05, 0.1) is 6.04 Å². The van der Waals surface area contributed by atoms with Crippen molar-refractivity contribution in [1.29, 1.82) is 0 Å². The fourth-order valence-corrected chi connectivity index (χ4v) is 3.90. The van der Waals surface area contributed by atoms with E-state index in [0.717, 1.165) is 32.2 Å². The molecule has 1 unspecified atom stereocenters. The SMILES string of the molecule is Cn1c2c(c3ccccc31)CCN1C(=O)CCCC21. The zero-order valence-electron chi connectivity index (χ0n) is 11.2. The van der Waals surface area contributed by atoms with E-state index in [9.17, 15) is 4.79 Å². The second-order valence-corrected chi connectivity index (χ2v) is 5.69. The number of aryl methyl sites for hydroxylation is 1. The molecule has 0 spiro atoms. The molecule has 4 rings (SSSR count). The molecular formula is C16H18N2O. The molecule has 1 aromatic heterocycles. The van der Waals surface area contributed by atoms with Crippen LogP contribution in [0.2, 0.25) is 0 Å². The molecule has 3 heterocycles. The number of hydrogen-bond donors (Lipinski definition) is 0. The molecule has 0 aliphatic carbocycles. The van der Waals surface area contributed by atoms with Gasteiger partial charge in [0.25, 0.3) is 0 Å². The van der Waals surface area contributed by atoms with Crippen LogP contribution < -0.4 is 0 Å². The topological polar surface area (TPSA) is 25.2 Å². The lowest BCUT2D eigenvalue weighted by molar-refractivity contribution is -0.137. The minimum absolute atomic E-state index is 0.308. The molecule has 1 aromatic carbocycles. The third-order valence-electron chi connectivity index (χ3n) is 4.74. The zero-order chi connectivity index (χ0) is 13.0. The lowest BCUT2D eigenvalue weighted by Crippen LogP contribution is -2.43. The maximum atomic E-state index is 12.1. The summed E-state index contributed by atoms with van der Waals surface area (Å²) in [4.78, 5) is 14.2. The van der Waals surface area contributed by atoms with E-state index in [1.807, 2.05) is 0 Å². The number of amides is 1. The maximum Gasteiger partial charge on any atom is 0.223 e. The molecular weight excluding hydrogens is 236 g/mol. The highest BCUT2D eigenvalue weighted by molar-refractivity contribution is 5.87. The Labute approximate surface area is 112 Å². The molecule has 1 fully saturated rings. The van der Waals surface area contributed by atoms with E-state index in [4.69, 9.17) is 0 Å². The lowest BCUT2D eigenvalue weighted by Gasteiger charge is -2.40. The van der Waals surface area contributed by atoms with Crippen molar-refractivity contribution in [2.45, 2.75) is 31.7 Å². The Kier molecular flexibility index (Phi) is 2.25. The van der Waals surface area contributed by atoms with E-state index in [-0.39, 0.29) is 0 Å². The molecule has 0 N–H and O–H groups in total. The monoisotopic (exact) mass is 254 g/mol. The van der Waals surface area contributed by atoms with Gasteiger partial charge in [0, 0.05) is 36.6 Å². The van der Waals surface area contributed by atoms with Crippen LogP contribution in [0.15, 0.2) is 24.3 Å². The number of carbonyl (C=O) groups is 1. The van der Waals surface area contributed by atoms with Gasteiger partial charge in [-0.3, -0.25) is 4.79 Å². The van der Waals surface area contributed by atoms with Crippen molar-refractivity contribution in [3.8, 4) is 0 Å². The first-order valence-corrected chi connectivity index (χ1v) is 7.13. The number of hydrogen-bond acceptors (Lipinski definition) is 1. The van der Waals surface area contributed by atoms with E-state index >= 15 is 0 Å². The summed E-state index contributed by atoms with van der Waals surface area (Å²) in [6, 6.07) is 8.91. The van der Waals surface area contributed by atoms with Crippen molar-refractivity contribution in [3.63, 3.8) is 0 Å². The highest BCUT2D eigenvalue weighted by atomic mass is 16.2. The summed E-state index contributed by atoms with van der Waals surface area (Å²) in [5.41, 5.74) is 4.14. The Morgan fingerprint density at radius 3 is 2.95 bits per heavy atom. The number of rotatable bonds is 0. The fourth-order valence-electron chi connectivity index (χ4n) is 3.90. The third kappa shape index (κ3) is 1.41. The van der Waals surface area contributed by atoms with Crippen molar-refractivity contribution in [3.05, 3.63) is 35.5 Å². The molecule has 2 aliphatic rings. The Morgan fingerprint density at radius 2 is 2.05 bits per heavy atom. The highest BCUT2D eigenvalue weighted by Gasteiger charge is 2.36. The summed E-state index contributed by atoms with van der Waals surface area (Å²) in [7, 11) is 2.14. The minimum Gasteiger partial charge on any atom is -0.346 e. The molecule has 2 aromatic rings. The maximum absolute atomic E-state index is 12.1. The molecule has 2 aliphatic heterocycles. The molecule has 3 nitrogen and oxygen atoms in total. The van der Waals surface area contributed by atoms with E-state index in [1.165, 1.54) is 22.2 Å². The Balaban J connectivity index is 1.96. The number of nitrogens with zero attached hydrogens (tertiary/aromatic N) is 2. The van der Waals surface area contributed by atoms with Crippen molar-refractivity contribution in [2.75, 3.05) is 6.54 Å². The fraction of sp³-hybridized carbons (Fsp3) is 0.438. The minimum atomic E-state index is 0.308. The molecule has 3 heteroatoms. The van der Waals surface area contributed by atoms with Crippen LogP contribution in [-0.4, -0.2) is 21.9 Å². The molecule has 0 bridgehead atoms. The average Bonchev–Trinajstić information content (AvgIpc) is 2.74. The van der Waals surface area contributed by atoms with E-state index < -0.39 is 0 Å². The van der Waals surface area contributed by atoms with Crippen LogP contribution in [-0.2, 0) is 18.3 Å². The van der Waals surface area contributed by atoms with Gasteiger partial charge in [-0.2, -0.15) is 0 Å². The molecule has 1 amide bonds. The zero-order valence-corrected chi connectivity index (χ0v) is 11.2. The normalized spacial score (nSPS) is 22.5. The van der Waals surface area contributed by atoms with Crippen molar-refractivity contribution in [2.24, 2.45) is 7.05 Å². The highest BCUT2D eigenvalue weighted by Crippen LogP contribution is 2.41. The summed E-state index contributed by atoms with van der Waals surface area (Å²) in [5, 5.41) is 1.37. The first kappa shape index (κ1) is 11.1. The first-order chi connectivity index (χ1) is 9.27. The number of piperidine rings is 1. The molecule has 1 atom stereocenters. The van der Waals surface area contributed by atoms with Crippen molar-refractivity contribution in [1.82, 2.24) is 9.47 Å². The quantitative estimate of drug-likeness (QED) is 0.709. The van der Waals surface area contributed by atoms with Crippen molar-refractivity contribution < 1.29 is 4.79 Å². The second kappa shape index (κ2) is 3.86. The van der Waals surface area contributed by atoms with E-state index in [1.54, 1.807) is 0 Å². The predicted molar refractivity (Wildman–Crippen MR) is 74.9 cm³/mol. The van der Waals surface area contributed by atoms with Crippen LogP contribution in [0.3, 0.4) is 0 Å². The van der Waals surface area contributed by atoms with Gasteiger partial charge < -0.3 is 9.47 Å². The summed E-state index contributed by atoms with van der Waals surface area (Å²) in [6.45, 7) is 0.893. The summed E-state index contributed by atoms with van der Waals surface area (Å²) in [5.74, 6) is 0.340. The van der Waals surface area contributed by atoms with Crippen molar-refractivity contribution >= 4 is 16.8 Å². The van der Waals surface area contributed by atoms with Crippen LogP contribution in [0.25, 0.3) is 10.9 Å². The number of fused-ring (bicyclic) bond motifs is 5. The van der Waals surface area contributed by atoms with Gasteiger partial charge in [-0.05, 0) is 30.9 Å². The summed E-state index contributed by atoms with van der Waals surface area (Å²) < 4.78 is 2.31.